The summed E-state index contributed by atoms with van der Waals surface area (Å²) in [5.41, 5.74) is 0.785. The molecular weight excluding hydrogens is 333 g/mol. The molecule has 2 aromatic rings. The first-order chi connectivity index (χ1) is 10.7. The first kappa shape index (κ1) is 17.3. The molecule has 0 aliphatic rings. The molecule has 0 atom stereocenters. The molecule has 1 amide bonds. The fraction of sp³-hybridized carbons (Fsp3) is 0.357. The van der Waals surface area contributed by atoms with Gasteiger partial charge in [0.15, 0.2) is 5.82 Å². The van der Waals surface area contributed by atoms with E-state index in [1.165, 1.54) is 6.92 Å². The number of alkyl halides is 3. The second-order valence-electron chi connectivity index (χ2n) is 4.93. The molecule has 1 N–H and O–H groups in total. The monoisotopic (exact) mass is 346 g/mol. The molecule has 1 aromatic carbocycles. The lowest BCUT2D eigenvalue weighted by Gasteiger charge is -2.08. The highest BCUT2D eigenvalue weighted by Crippen LogP contribution is 2.19. The molecule has 0 unspecified atom stereocenters. The molecule has 0 bridgehead atoms. The Morgan fingerprint density at radius 3 is 2.74 bits per heavy atom. The number of nitrogens with zero attached hydrogens (tertiary/aromatic N) is 3. The van der Waals surface area contributed by atoms with Gasteiger partial charge in [-0.3, -0.25) is 4.79 Å². The Morgan fingerprint density at radius 2 is 2.13 bits per heavy atom. The van der Waals surface area contributed by atoms with Gasteiger partial charge in [-0.15, -0.1) is 0 Å². The number of hydrogen-bond donors (Lipinski definition) is 1. The molecule has 0 saturated carbocycles. The Balaban J connectivity index is 2.22. The standard InChI is InChI=1S/C14H14ClF3N4O/c1-9(23)19-7-13-20-12(21-22(13)8-14(16,17)18)6-10-3-2-4-11(15)5-10/h2-5H,6-8H2,1H3,(H,19,23). The van der Waals surface area contributed by atoms with E-state index in [0.29, 0.717) is 5.02 Å². The molecule has 2 rings (SSSR count). The summed E-state index contributed by atoms with van der Waals surface area (Å²) >= 11 is 5.88. The number of carbonyl (C=O) groups excluding carboxylic acids is 1. The number of hydrogen-bond acceptors (Lipinski definition) is 3. The van der Waals surface area contributed by atoms with E-state index in [0.717, 1.165) is 10.2 Å². The first-order valence-electron chi connectivity index (χ1n) is 6.71. The van der Waals surface area contributed by atoms with E-state index in [4.69, 9.17) is 11.6 Å². The predicted octanol–water partition coefficient (Wildman–Crippen LogP) is 2.72. The number of amides is 1. The van der Waals surface area contributed by atoms with Crippen LogP contribution >= 0.6 is 11.6 Å². The summed E-state index contributed by atoms with van der Waals surface area (Å²) in [5.74, 6) is -0.0747. The summed E-state index contributed by atoms with van der Waals surface area (Å²) in [6, 6.07) is 6.91. The van der Waals surface area contributed by atoms with Crippen molar-refractivity contribution in [2.24, 2.45) is 0 Å². The third-order valence-electron chi connectivity index (χ3n) is 2.87. The molecule has 0 spiro atoms. The maximum absolute atomic E-state index is 12.6. The lowest BCUT2D eigenvalue weighted by molar-refractivity contribution is -0.143. The van der Waals surface area contributed by atoms with Crippen molar-refractivity contribution in [1.82, 2.24) is 20.1 Å². The van der Waals surface area contributed by atoms with E-state index >= 15 is 0 Å². The number of halogens is 4. The van der Waals surface area contributed by atoms with Crippen LogP contribution in [0.15, 0.2) is 24.3 Å². The SMILES string of the molecule is CC(=O)NCc1nc(Cc2cccc(Cl)c2)nn1CC(F)(F)F. The molecule has 0 fully saturated rings. The quantitative estimate of drug-likeness (QED) is 0.905. The van der Waals surface area contributed by atoms with Crippen LogP contribution in [0.5, 0.6) is 0 Å². The number of nitrogens with one attached hydrogen (secondary N) is 1. The maximum atomic E-state index is 12.6. The van der Waals surface area contributed by atoms with Gasteiger partial charge in [0.05, 0.1) is 6.54 Å². The number of carbonyl (C=O) groups is 1. The van der Waals surface area contributed by atoms with Gasteiger partial charge in [0.2, 0.25) is 5.91 Å². The van der Waals surface area contributed by atoms with Crippen molar-refractivity contribution in [2.75, 3.05) is 0 Å². The second kappa shape index (κ2) is 6.99. The van der Waals surface area contributed by atoms with Crippen molar-refractivity contribution < 1.29 is 18.0 Å². The van der Waals surface area contributed by atoms with Crippen LogP contribution in [0.3, 0.4) is 0 Å². The second-order valence-corrected chi connectivity index (χ2v) is 5.37. The van der Waals surface area contributed by atoms with Crippen LogP contribution in [-0.4, -0.2) is 26.8 Å². The van der Waals surface area contributed by atoms with Gasteiger partial charge in [-0.05, 0) is 17.7 Å². The van der Waals surface area contributed by atoms with Gasteiger partial charge in [-0.25, -0.2) is 9.67 Å². The molecular formula is C14H14ClF3N4O. The minimum atomic E-state index is -4.42. The molecule has 9 heteroatoms. The maximum Gasteiger partial charge on any atom is 0.408 e. The van der Waals surface area contributed by atoms with Crippen LogP contribution in [0, 0.1) is 0 Å². The highest BCUT2D eigenvalue weighted by atomic mass is 35.5. The van der Waals surface area contributed by atoms with E-state index in [1.807, 2.05) is 0 Å². The molecule has 124 valence electrons. The fourth-order valence-corrected chi connectivity index (χ4v) is 2.17. The zero-order valence-corrected chi connectivity index (χ0v) is 12.9. The molecule has 23 heavy (non-hydrogen) atoms. The molecule has 1 aromatic heterocycles. The van der Waals surface area contributed by atoms with Gasteiger partial charge < -0.3 is 5.32 Å². The van der Waals surface area contributed by atoms with Crippen molar-refractivity contribution >= 4 is 17.5 Å². The lowest BCUT2D eigenvalue weighted by atomic mass is 10.1. The third-order valence-corrected chi connectivity index (χ3v) is 3.10. The Morgan fingerprint density at radius 1 is 1.39 bits per heavy atom. The third kappa shape index (κ3) is 5.55. The van der Waals surface area contributed by atoms with E-state index in [9.17, 15) is 18.0 Å². The van der Waals surface area contributed by atoms with Crippen LogP contribution in [-0.2, 0) is 24.3 Å². The largest absolute Gasteiger partial charge is 0.408 e. The number of aromatic nitrogens is 3. The highest BCUT2D eigenvalue weighted by Gasteiger charge is 2.30. The molecule has 0 saturated heterocycles. The van der Waals surface area contributed by atoms with Crippen LogP contribution < -0.4 is 5.32 Å². The van der Waals surface area contributed by atoms with Gasteiger partial charge in [0, 0.05) is 18.4 Å². The average molecular weight is 347 g/mol. The minimum absolute atomic E-state index is 0.0505. The number of benzene rings is 1. The van der Waals surface area contributed by atoms with Gasteiger partial charge in [-0.1, -0.05) is 23.7 Å². The van der Waals surface area contributed by atoms with Crippen molar-refractivity contribution in [3.63, 3.8) is 0 Å². The summed E-state index contributed by atoms with van der Waals surface area (Å²) in [6.45, 7) is -0.101. The fourth-order valence-electron chi connectivity index (χ4n) is 1.96. The molecule has 0 radical (unpaired) electrons. The highest BCUT2D eigenvalue weighted by molar-refractivity contribution is 6.30. The van der Waals surface area contributed by atoms with Crippen LogP contribution in [0.1, 0.15) is 24.1 Å². The summed E-state index contributed by atoms with van der Waals surface area (Å²) < 4.78 is 38.6. The summed E-state index contributed by atoms with van der Waals surface area (Å²) in [7, 11) is 0. The molecule has 0 aliphatic heterocycles. The van der Waals surface area contributed by atoms with Gasteiger partial charge in [-0.2, -0.15) is 18.3 Å². The van der Waals surface area contributed by atoms with E-state index < -0.39 is 12.7 Å². The molecule has 1 heterocycles. The lowest BCUT2D eigenvalue weighted by Crippen LogP contribution is -2.25. The zero-order valence-electron chi connectivity index (χ0n) is 12.2. The predicted molar refractivity (Wildman–Crippen MR) is 77.9 cm³/mol. The Kier molecular flexibility index (Phi) is 5.25. The van der Waals surface area contributed by atoms with Crippen molar-refractivity contribution in [1.29, 1.82) is 0 Å². The molecule has 5 nitrogen and oxygen atoms in total. The zero-order chi connectivity index (χ0) is 17.0. The number of rotatable bonds is 5. The van der Waals surface area contributed by atoms with Gasteiger partial charge in [0.1, 0.15) is 12.4 Å². The van der Waals surface area contributed by atoms with Crippen molar-refractivity contribution in [3.05, 3.63) is 46.5 Å². The topological polar surface area (TPSA) is 59.8 Å². The summed E-state index contributed by atoms with van der Waals surface area (Å²) in [5, 5.41) is 6.84. The average Bonchev–Trinajstić information content (AvgIpc) is 2.76. The van der Waals surface area contributed by atoms with Crippen molar-refractivity contribution in [3.8, 4) is 0 Å². The van der Waals surface area contributed by atoms with Crippen LogP contribution in [0.25, 0.3) is 0 Å². The minimum Gasteiger partial charge on any atom is -0.349 e. The smallest absolute Gasteiger partial charge is 0.349 e. The van der Waals surface area contributed by atoms with Gasteiger partial charge in [0.25, 0.3) is 0 Å². The van der Waals surface area contributed by atoms with Crippen LogP contribution in [0.2, 0.25) is 5.02 Å². The van der Waals surface area contributed by atoms with E-state index in [1.54, 1.807) is 24.3 Å². The Hall–Kier alpha value is -2.09. The summed E-state index contributed by atoms with van der Waals surface area (Å²) in [4.78, 5) is 15.0. The van der Waals surface area contributed by atoms with Gasteiger partial charge >= 0.3 is 6.18 Å². The normalized spacial score (nSPS) is 11.5. The summed E-state index contributed by atoms with van der Waals surface area (Å²) in [6.07, 6.45) is -4.18. The van der Waals surface area contributed by atoms with Crippen molar-refractivity contribution in [2.45, 2.75) is 32.6 Å². The van der Waals surface area contributed by atoms with E-state index in [-0.39, 0.29) is 30.5 Å². The first-order valence-corrected chi connectivity index (χ1v) is 7.09. The Labute approximate surface area is 135 Å². The Bertz CT molecular complexity index is 700. The van der Waals surface area contributed by atoms with Crippen LogP contribution in [0.4, 0.5) is 13.2 Å². The molecule has 0 aliphatic carbocycles. The van der Waals surface area contributed by atoms with E-state index in [2.05, 4.69) is 15.4 Å².